The Balaban J connectivity index is 1.44. The number of hydrogen-bond acceptors (Lipinski definition) is 5. The molecule has 124 valence electrons. The molecule has 0 aliphatic heterocycles. The minimum atomic E-state index is -0.535. The summed E-state index contributed by atoms with van der Waals surface area (Å²) < 4.78 is 7.67. The molecule has 1 aliphatic carbocycles. The van der Waals surface area contributed by atoms with Crippen molar-refractivity contribution in [2.75, 3.05) is 12.4 Å². The van der Waals surface area contributed by atoms with E-state index >= 15 is 0 Å². The molecule has 2 aromatic rings. The topological polar surface area (TPSA) is 60.2 Å². The zero-order valence-corrected chi connectivity index (χ0v) is 14.4. The average molecular weight is 333 g/mol. The first-order valence-corrected chi connectivity index (χ1v) is 9.07. The number of rotatable bonds is 8. The Bertz CT molecular complexity index is 638. The van der Waals surface area contributed by atoms with E-state index in [1.807, 2.05) is 23.7 Å². The summed E-state index contributed by atoms with van der Waals surface area (Å²) in [6.07, 6.45) is 2.90. The molecule has 1 fully saturated rings. The number of aryl methyl sites for hydroxylation is 1. The van der Waals surface area contributed by atoms with Crippen molar-refractivity contribution in [3.05, 3.63) is 35.7 Å². The fourth-order valence-electron chi connectivity index (χ4n) is 2.38. The third kappa shape index (κ3) is 4.26. The highest BCUT2D eigenvalue weighted by molar-refractivity contribution is 7.99. The highest BCUT2D eigenvalue weighted by Crippen LogP contribution is 2.39. The zero-order chi connectivity index (χ0) is 16.2. The van der Waals surface area contributed by atoms with Crippen LogP contribution in [0.1, 0.15) is 37.1 Å². The van der Waals surface area contributed by atoms with Crippen molar-refractivity contribution in [1.82, 2.24) is 14.8 Å². The molecule has 0 spiro atoms. The van der Waals surface area contributed by atoms with Gasteiger partial charge in [-0.3, -0.25) is 0 Å². The van der Waals surface area contributed by atoms with Gasteiger partial charge >= 0.3 is 0 Å². The number of nitrogens with zero attached hydrogens (tertiary/aromatic N) is 3. The van der Waals surface area contributed by atoms with Crippen molar-refractivity contribution in [3.63, 3.8) is 0 Å². The number of aromatic nitrogens is 3. The van der Waals surface area contributed by atoms with Crippen LogP contribution in [0.25, 0.3) is 0 Å². The molecule has 23 heavy (non-hydrogen) atoms. The largest absolute Gasteiger partial charge is 0.491 e. The molecule has 1 atom stereocenters. The molecule has 5 nitrogen and oxygen atoms in total. The number of hydrogen-bond donors (Lipinski definition) is 1. The van der Waals surface area contributed by atoms with Crippen LogP contribution >= 0.6 is 11.8 Å². The van der Waals surface area contributed by atoms with Gasteiger partial charge in [0.05, 0.1) is 6.10 Å². The Morgan fingerprint density at radius 1 is 1.30 bits per heavy atom. The summed E-state index contributed by atoms with van der Waals surface area (Å²) in [5.41, 5.74) is 1.28. The van der Waals surface area contributed by atoms with Crippen molar-refractivity contribution >= 4 is 11.8 Å². The van der Waals surface area contributed by atoms with Crippen molar-refractivity contribution < 1.29 is 9.84 Å². The molecule has 1 aromatic carbocycles. The van der Waals surface area contributed by atoms with Gasteiger partial charge in [-0.25, -0.2) is 0 Å². The van der Waals surface area contributed by atoms with E-state index in [1.54, 1.807) is 0 Å². The normalized spacial score (nSPS) is 15.6. The van der Waals surface area contributed by atoms with Gasteiger partial charge in [0.1, 0.15) is 18.2 Å². The lowest BCUT2D eigenvalue weighted by Gasteiger charge is -2.12. The number of aliphatic hydroxyl groups is 1. The number of aliphatic hydroxyl groups excluding tert-OH is 1. The van der Waals surface area contributed by atoms with Gasteiger partial charge in [0, 0.05) is 18.7 Å². The first-order chi connectivity index (χ1) is 11.2. The van der Waals surface area contributed by atoms with Gasteiger partial charge < -0.3 is 14.4 Å². The maximum atomic E-state index is 10.1. The van der Waals surface area contributed by atoms with Crippen LogP contribution in [0.15, 0.2) is 29.4 Å². The smallest absolute Gasteiger partial charge is 0.191 e. The van der Waals surface area contributed by atoms with Gasteiger partial charge in [-0.1, -0.05) is 30.8 Å². The Labute approximate surface area is 141 Å². The molecule has 1 N–H and O–H groups in total. The molecule has 0 amide bonds. The molecule has 0 saturated heterocycles. The predicted molar refractivity (Wildman–Crippen MR) is 91.0 cm³/mol. The summed E-state index contributed by atoms with van der Waals surface area (Å²) in [6.45, 7) is 2.41. The van der Waals surface area contributed by atoms with Crippen LogP contribution in [0.2, 0.25) is 0 Å². The third-order valence-corrected chi connectivity index (χ3v) is 5.16. The van der Waals surface area contributed by atoms with Crippen LogP contribution in [0.3, 0.4) is 0 Å². The highest BCUT2D eigenvalue weighted by atomic mass is 32.2. The summed E-state index contributed by atoms with van der Waals surface area (Å²) in [7, 11) is 1.99. The monoisotopic (exact) mass is 333 g/mol. The minimum absolute atomic E-state index is 0.284. The Hall–Kier alpha value is -1.53. The lowest BCUT2D eigenvalue weighted by atomic mass is 10.2. The predicted octanol–water partition coefficient (Wildman–Crippen LogP) is 2.79. The lowest BCUT2D eigenvalue weighted by Crippen LogP contribution is -2.20. The van der Waals surface area contributed by atoms with Crippen molar-refractivity contribution in [1.29, 1.82) is 0 Å². The summed E-state index contributed by atoms with van der Waals surface area (Å²) in [5.74, 6) is 2.99. The standard InChI is InChI=1S/C17H23N3O2S/c1-3-12-4-8-15(9-5-12)22-10-14(21)11-23-17-19-18-16(20(17)2)13-6-7-13/h4-5,8-9,13-14,21H,3,6-7,10-11H2,1-2H3. The first kappa shape index (κ1) is 16.3. The molecular formula is C17H23N3O2S. The fourth-order valence-corrected chi connectivity index (χ4v) is 3.20. The molecule has 1 saturated carbocycles. The average Bonchev–Trinajstić information content (AvgIpc) is 3.35. The van der Waals surface area contributed by atoms with E-state index in [1.165, 1.54) is 30.2 Å². The van der Waals surface area contributed by atoms with E-state index in [9.17, 15) is 5.11 Å². The molecule has 1 aromatic heterocycles. The van der Waals surface area contributed by atoms with E-state index in [2.05, 4.69) is 29.3 Å². The van der Waals surface area contributed by atoms with E-state index in [0.717, 1.165) is 23.2 Å². The second-order valence-corrected chi connectivity index (χ2v) is 6.93. The van der Waals surface area contributed by atoms with E-state index in [4.69, 9.17) is 4.74 Å². The fraction of sp³-hybridized carbons (Fsp3) is 0.529. The van der Waals surface area contributed by atoms with Crippen LogP contribution < -0.4 is 4.74 Å². The van der Waals surface area contributed by atoms with Crippen LogP contribution in [0.5, 0.6) is 5.75 Å². The van der Waals surface area contributed by atoms with Crippen molar-refractivity contribution in [2.45, 2.75) is 43.4 Å². The van der Waals surface area contributed by atoms with Gasteiger partial charge in [-0.15, -0.1) is 10.2 Å². The van der Waals surface area contributed by atoms with Gasteiger partial charge in [0.2, 0.25) is 0 Å². The molecule has 1 heterocycles. The molecule has 6 heteroatoms. The van der Waals surface area contributed by atoms with Crippen molar-refractivity contribution in [3.8, 4) is 5.75 Å². The van der Waals surface area contributed by atoms with E-state index in [0.29, 0.717) is 11.7 Å². The van der Waals surface area contributed by atoms with Gasteiger partial charge in [0.15, 0.2) is 5.16 Å². The van der Waals surface area contributed by atoms with Crippen LogP contribution in [0, 0.1) is 0 Å². The summed E-state index contributed by atoms with van der Waals surface area (Å²) in [6, 6.07) is 8.00. The SMILES string of the molecule is CCc1ccc(OCC(O)CSc2nnc(C3CC3)n2C)cc1. The Morgan fingerprint density at radius 3 is 2.70 bits per heavy atom. The summed E-state index contributed by atoms with van der Waals surface area (Å²) in [5, 5.41) is 19.4. The molecule has 0 radical (unpaired) electrons. The summed E-state index contributed by atoms with van der Waals surface area (Å²) in [4.78, 5) is 0. The quantitative estimate of drug-likeness (QED) is 0.753. The van der Waals surface area contributed by atoms with Gasteiger partial charge in [0.25, 0.3) is 0 Å². The second-order valence-electron chi connectivity index (χ2n) is 5.95. The van der Waals surface area contributed by atoms with E-state index < -0.39 is 6.10 Å². The highest BCUT2D eigenvalue weighted by Gasteiger charge is 2.29. The van der Waals surface area contributed by atoms with Gasteiger partial charge in [-0.2, -0.15) is 0 Å². The number of benzene rings is 1. The molecule has 1 unspecified atom stereocenters. The minimum Gasteiger partial charge on any atom is -0.491 e. The van der Waals surface area contributed by atoms with E-state index in [-0.39, 0.29) is 6.61 Å². The third-order valence-electron chi connectivity index (χ3n) is 3.99. The Kier molecular flexibility index (Phi) is 5.23. The maximum absolute atomic E-state index is 10.1. The molecule has 1 aliphatic rings. The Morgan fingerprint density at radius 2 is 2.04 bits per heavy atom. The first-order valence-electron chi connectivity index (χ1n) is 8.09. The second kappa shape index (κ2) is 7.36. The van der Waals surface area contributed by atoms with Crippen LogP contribution in [-0.2, 0) is 13.5 Å². The number of ether oxygens (including phenoxy) is 1. The maximum Gasteiger partial charge on any atom is 0.191 e. The van der Waals surface area contributed by atoms with Gasteiger partial charge in [-0.05, 0) is 37.0 Å². The number of thioether (sulfide) groups is 1. The lowest BCUT2D eigenvalue weighted by molar-refractivity contribution is 0.126. The zero-order valence-electron chi connectivity index (χ0n) is 13.6. The molecular weight excluding hydrogens is 310 g/mol. The summed E-state index contributed by atoms with van der Waals surface area (Å²) >= 11 is 1.52. The van der Waals surface area contributed by atoms with Crippen molar-refractivity contribution in [2.24, 2.45) is 7.05 Å². The molecule has 0 bridgehead atoms. The van der Waals surface area contributed by atoms with Crippen LogP contribution in [0.4, 0.5) is 0 Å². The van der Waals surface area contributed by atoms with Crippen LogP contribution in [-0.4, -0.2) is 38.3 Å². The molecule has 3 rings (SSSR count).